The van der Waals surface area contributed by atoms with Gasteiger partial charge in [0.1, 0.15) is 11.9 Å². The minimum absolute atomic E-state index is 0.218. The Morgan fingerprint density at radius 1 is 1.21 bits per heavy atom. The van der Waals surface area contributed by atoms with Crippen molar-refractivity contribution < 1.29 is 9.69 Å². The van der Waals surface area contributed by atoms with Gasteiger partial charge in [0, 0.05) is 18.0 Å². The van der Waals surface area contributed by atoms with Crippen LogP contribution < -0.4 is 4.90 Å². The molecule has 2 aliphatic rings. The minimum Gasteiger partial charge on any atom is -0.331 e. The van der Waals surface area contributed by atoms with Crippen LogP contribution in [0.25, 0.3) is 0 Å². The van der Waals surface area contributed by atoms with E-state index in [2.05, 4.69) is 58.9 Å². The molecule has 0 unspecified atom stereocenters. The molecule has 0 spiro atoms. The summed E-state index contributed by atoms with van der Waals surface area (Å²) in [5, 5.41) is 9.59. The zero-order valence-corrected chi connectivity index (χ0v) is 17.6. The van der Waals surface area contributed by atoms with E-state index in [4.69, 9.17) is 0 Å². The molecule has 1 atom stereocenters. The summed E-state index contributed by atoms with van der Waals surface area (Å²) in [4.78, 5) is 16.3. The van der Waals surface area contributed by atoms with Crippen LogP contribution in [0, 0.1) is 0 Å². The van der Waals surface area contributed by atoms with Gasteiger partial charge in [-0.2, -0.15) is 0 Å². The number of nitrogens with zero attached hydrogens (tertiary/aromatic N) is 4. The van der Waals surface area contributed by atoms with Crippen molar-refractivity contribution in [2.75, 3.05) is 31.9 Å². The van der Waals surface area contributed by atoms with Gasteiger partial charge in [0.15, 0.2) is 5.16 Å². The number of benzene rings is 1. The molecule has 2 aromatic rings. The second kappa shape index (κ2) is 8.66. The monoisotopic (exact) mass is 400 g/mol. The Kier molecular flexibility index (Phi) is 6.01. The Hall–Kier alpha value is -1.86. The smallest absolute Gasteiger partial charge is 0.233 e. The van der Waals surface area contributed by atoms with Crippen LogP contribution >= 0.6 is 11.8 Å². The standard InChI is InChI=1S/C21H29N5OS/c1-3-26-20(18-9-10-18)22-23-21(26)28-15-19(27)25-13-11-24(12-14-25)16(2)17-7-5-4-6-8-17/h4-8,16,18H,3,9-15H2,1-2H3/p+1/t16-/m1/s1. The molecule has 1 aliphatic carbocycles. The van der Waals surface area contributed by atoms with Gasteiger partial charge in [-0.25, -0.2) is 0 Å². The lowest BCUT2D eigenvalue weighted by atomic mass is 10.1. The third-order valence-corrected chi connectivity index (χ3v) is 6.95. The Bertz CT molecular complexity index is 796. The highest BCUT2D eigenvalue weighted by Gasteiger charge is 2.31. The summed E-state index contributed by atoms with van der Waals surface area (Å²) in [6, 6.07) is 11.1. The summed E-state index contributed by atoms with van der Waals surface area (Å²) in [5.41, 5.74) is 1.37. The van der Waals surface area contributed by atoms with Crippen molar-refractivity contribution in [3.05, 3.63) is 41.7 Å². The predicted molar refractivity (Wildman–Crippen MR) is 111 cm³/mol. The van der Waals surface area contributed by atoms with E-state index >= 15 is 0 Å². The number of hydrogen-bond donors (Lipinski definition) is 1. The van der Waals surface area contributed by atoms with Crippen LogP contribution in [0.5, 0.6) is 0 Å². The van der Waals surface area contributed by atoms with E-state index < -0.39 is 0 Å². The molecule has 1 aromatic carbocycles. The van der Waals surface area contributed by atoms with Crippen LogP contribution in [0.3, 0.4) is 0 Å². The van der Waals surface area contributed by atoms with E-state index in [1.807, 2.05) is 4.90 Å². The lowest BCUT2D eigenvalue weighted by Gasteiger charge is -2.35. The van der Waals surface area contributed by atoms with Crippen LogP contribution in [0.4, 0.5) is 0 Å². The number of quaternary nitrogens is 1. The van der Waals surface area contributed by atoms with Gasteiger partial charge in [-0.05, 0) is 26.7 Å². The fourth-order valence-electron chi connectivity index (χ4n) is 4.02. The summed E-state index contributed by atoms with van der Waals surface area (Å²) in [6.07, 6.45) is 2.44. The highest BCUT2D eigenvalue weighted by molar-refractivity contribution is 7.99. The molecule has 1 aliphatic heterocycles. The fourth-order valence-corrected chi connectivity index (χ4v) is 4.93. The molecule has 1 saturated heterocycles. The molecular formula is C21H30N5OS+. The SMILES string of the molecule is CCn1c(SCC(=O)N2CC[NH+]([C@H](C)c3ccccc3)CC2)nnc1C1CC1. The van der Waals surface area contributed by atoms with Crippen molar-refractivity contribution >= 4 is 17.7 Å². The Balaban J connectivity index is 1.28. The van der Waals surface area contributed by atoms with Crippen LogP contribution in [-0.2, 0) is 11.3 Å². The molecule has 7 heteroatoms. The first kappa shape index (κ1) is 19.5. The Labute approximate surface area is 171 Å². The quantitative estimate of drug-likeness (QED) is 0.720. The summed E-state index contributed by atoms with van der Waals surface area (Å²) < 4.78 is 2.18. The molecule has 0 bridgehead atoms. The van der Waals surface area contributed by atoms with Crippen molar-refractivity contribution in [3.8, 4) is 0 Å². The highest BCUT2D eigenvalue weighted by Crippen LogP contribution is 2.39. The van der Waals surface area contributed by atoms with Crippen molar-refractivity contribution in [1.82, 2.24) is 19.7 Å². The van der Waals surface area contributed by atoms with E-state index in [0.29, 0.717) is 17.7 Å². The van der Waals surface area contributed by atoms with Gasteiger partial charge in [-0.1, -0.05) is 42.1 Å². The van der Waals surface area contributed by atoms with Gasteiger partial charge in [0.2, 0.25) is 5.91 Å². The zero-order valence-electron chi connectivity index (χ0n) is 16.8. The number of amides is 1. The van der Waals surface area contributed by atoms with Crippen molar-refractivity contribution in [2.45, 2.75) is 50.4 Å². The number of piperazine rings is 1. The number of hydrogen-bond acceptors (Lipinski definition) is 4. The maximum Gasteiger partial charge on any atom is 0.233 e. The Morgan fingerprint density at radius 2 is 1.93 bits per heavy atom. The summed E-state index contributed by atoms with van der Waals surface area (Å²) >= 11 is 1.53. The molecule has 150 valence electrons. The summed E-state index contributed by atoms with van der Waals surface area (Å²) in [5.74, 6) is 2.35. The first-order valence-corrected chi connectivity index (χ1v) is 11.4. The Morgan fingerprint density at radius 3 is 2.57 bits per heavy atom. The van der Waals surface area contributed by atoms with E-state index in [0.717, 1.165) is 43.7 Å². The number of carbonyl (C=O) groups is 1. The van der Waals surface area contributed by atoms with E-state index in [-0.39, 0.29) is 5.91 Å². The molecule has 1 saturated carbocycles. The lowest BCUT2D eigenvalue weighted by molar-refractivity contribution is -0.933. The summed E-state index contributed by atoms with van der Waals surface area (Å²) in [7, 11) is 0. The minimum atomic E-state index is 0.218. The van der Waals surface area contributed by atoms with Crippen molar-refractivity contribution in [2.24, 2.45) is 0 Å². The van der Waals surface area contributed by atoms with Gasteiger partial charge in [0.05, 0.1) is 31.9 Å². The summed E-state index contributed by atoms with van der Waals surface area (Å²) in [6.45, 7) is 8.95. The van der Waals surface area contributed by atoms with Crippen LogP contribution in [0.2, 0.25) is 0 Å². The molecule has 28 heavy (non-hydrogen) atoms. The maximum atomic E-state index is 12.7. The number of aromatic nitrogens is 3. The topological polar surface area (TPSA) is 55.5 Å². The van der Waals surface area contributed by atoms with E-state index in [1.165, 1.54) is 30.2 Å². The van der Waals surface area contributed by atoms with E-state index in [1.54, 1.807) is 4.90 Å². The number of nitrogens with one attached hydrogen (secondary N) is 1. The third kappa shape index (κ3) is 4.25. The van der Waals surface area contributed by atoms with E-state index in [9.17, 15) is 4.79 Å². The molecule has 1 N–H and O–H groups in total. The second-order valence-corrected chi connectivity index (χ2v) is 8.76. The van der Waals surface area contributed by atoms with Crippen LogP contribution in [-0.4, -0.2) is 57.5 Å². The average molecular weight is 401 g/mol. The number of carbonyl (C=O) groups excluding carboxylic acids is 1. The molecule has 1 amide bonds. The van der Waals surface area contributed by atoms with Gasteiger partial charge in [-0.3, -0.25) is 4.79 Å². The first-order valence-electron chi connectivity index (χ1n) is 10.4. The zero-order chi connectivity index (χ0) is 19.5. The molecule has 2 fully saturated rings. The molecule has 4 rings (SSSR count). The van der Waals surface area contributed by atoms with Crippen molar-refractivity contribution in [3.63, 3.8) is 0 Å². The third-order valence-electron chi connectivity index (χ3n) is 6.00. The van der Waals surface area contributed by atoms with Gasteiger partial charge >= 0.3 is 0 Å². The molecular weight excluding hydrogens is 370 g/mol. The van der Waals surface area contributed by atoms with Crippen LogP contribution in [0.15, 0.2) is 35.5 Å². The van der Waals surface area contributed by atoms with Gasteiger partial charge in [0.25, 0.3) is 0 Å². The molecule has 6 nitrogen and oxygen atoms in total. The fraction of sp³-hybridized carbons (Fsp3) is 0.571. The normalized spacial score (nSPS) is 19.0. The maximum absolute atomic E-state index is 12.7. The largest absolute Gasteiger partial charge is 0.331 e. The second-order valence-electron chi connectivity index (χ2n) is 7.82. The molecule has 0 radical (unpaired) electrons. The first-order chi connectivity index (χ1) is 13.7. The average Bonchev–Trinajstić information content (AvgIpc) is 3.51. The highest BCUT2D eigenvalue weighted by atomic mass is 32.2. The van der Waals surface area contributed by atoms with Gasteiger partial charge in [-0.15, -0.1) is 10.2 Å². The van der Waals surface area contributed by atoms with Crippen molar-refractivity contribution in [1.29, 1.82) is 0 Å². The van der Waals surface area contributed by atoms with Crippen LogP contribution in [0.1, 0.15) is 50.0 Å². The molecule has 1 aromatic heterocycles. The number of thioether (sulfide) groups is 1. The van der Waals surface area contributed by atoms with Gasteiger partial charge < -0.3 is 14.4 Å². The number of rotatable bonds is 7. The molecule has 2 heterocycles. The lowest BCUT2D eigenvalue weighted by Crippen LogP contribution is -3.14. The predicted octanol–water partition coefficient (Wildman–Crippen LogP) is 1.76.